The maximum absolute atomic E-state index is 12.9. The van der Waals surface area contributed by atoms with Gasteiger partial charge in [0.2, 0.25) is 5.91 Å². The monoisotopic (exact) mass is 409 g/mol. The van der Waals surface area contributed by atoms with Crippen molar-refractivity contribution in [3.63, 3.8) is 0 Å². The lowest BCUT2D eigenvalue weighted by Gasteiger charge is -2.36. The van der Waals surface area contributed by atoms with E-state index in [2.05, 4.69) is 15.4 Å². The highest BCUT2D eigenvalue weighted by atomic mass is 19.3. The predicted molar refractivity (Wildman–Crippen MR) is 100 cm³/mol. The zero-order valence-electron chi connectivity index (χ0n) is 16.4. The SMILES string of the molecule is CC(NC(=O)CN1C(=O)NC2(CCCCC2C)C1=O)c1cccc(OC(F)F)c1. The number of amides is 4. The number of carbonyl (C=O) groups excluding carboxylic acids is 3. The lowest BCUT2D eigenvalue weighted by atomic mass is 9.73. The van der Waals surface area contributed by atoms with Gasteiger partial charge in [0.25, 0.3) is 5.91 Å². The Bertz CT molecular complexity index is 804. The molecule has 158 valence electrons. The van der Waals surface area contributed by atoms with Gasteiger partial charge in [0.15, 0.2) is 0 Å². The average Bonchev–Trinajstić information content (AvgIpc) is 2.89. The van der Waals surface area contributed by atoms with Gasteiger partial charge >= 0.3 is 12.6 Å². The van der Waals surface area contributed by atoms with Gasteiger partial charge in [0, 0.05) is 0 Å². The van der Waals surface area contributed by atoms with Crippen LogP contribution >= 0.6 is 0 Å². The van der Waals surface area contributed by atoms with E-state index in [1.165, 1.54) is 12.1 Å². The number of ether oxygens (including phenoxy) is 1. The van der Waals surface area contributed by atoms with Crippen LogP contribution in [0.1, 0.15) is 51.1 Å². The van der Waals surface area contributed by atoms with Gasteiger partial charge in [-0.2, -0.15) is 8.78 Å². The summed E-state index contributed by atoms with van der Waals surface area (Å²) < 4.78 is 29.1. The highest BCUT2D eigenvalue weighted by Crippen LogP contribution is 2.38. The van der Waals surface area contributed by atoms with Crippen LogP contribution in [0.25, 0.3) is 0 Å². The van der Waals surface area contributed by atoms with Crippen molar-refractivity contribution in [1.82, 2.24) is 15.5 Å². The fourth-order valence-corrected chi connectivity index (χ4v) is 4.11. The molecule has 0 radical (unpaired) electrons. The molecular formula is C20H25F2N3O4. The molecule has 2 aliphatic rings. The van der Waals surface area contributed by atoms with Crippen LogP contribution in [0.4, 0.5) is 13.6 Å². The molecule has 29 heavy (non-hydrogen) atoms. The Morgan fingerprint density at radius 1 is 1.38 bits per heavy atom. The topological polar surface area (TPSA) is 87.7 Å². The molecule has 1 aliphatic heterocycles. The Hall–Kier alpha value is -2.71. The van der Waals surface area contributed by atoms with Crippen LogP contribution in [-0.2, 0) is 9.59 Å². The maximum Gasteiger partial charge on any atom is 0.387 e. The predicted octanol–water partition coefficient (Wildman–Crippen LogP) is 2.97. The van der Waals surface area contributed by atoms with Gasteiger partial charge in [-0.1, -0.05) is 31.9 Å². The lowest BCUT2D eigenvalue weighted by molar-refractivity contribution is -0.137. The third kappa shape index (κ3) is 4.33. The molecule has 2 fully saturated rings. The van der Waals surface area contributed by atoms with E-state index in [0.717, 1.165) is 24.2 Å². The standard InChI is InChI=1S/C20H25F2N3O4/c1-12-6-3-4-9-20(12)17(27)25(19(28)24-20)11-16(26)23-13(2)14-7-5-8-15(10-14)29-18(21)22/h5,7-8,10,12-13,18H,3-4,6,9,11H2,1-2H3,(H,23,26)(H,24,28). The molecule has 9 heteroatoms. The molecule has 1 saturated heterocycles. The normalized spacial score (nSPS) is 25.3. The first-order valence-corrected chi connectivity index (χ1v) is 9.71. The summed E-state index contributed by atoms with van der Waals surface area (Å²) in [5.74, 6) is -0.871. The van der Waals surface area contributed by atoms with Crippen LogP contribution in [0.2, 0.25) is 0 Å². The summed E-state index contributed by atoms with van der Waals surface area (Å²) in [6, 6.07) is 4.92. The Labute approximate surface area is 167 Å². The van der Waals surface area contributed by atoms with E-state index in [4.69, 9.17) is 0 Å². The minimum Gasteiger partial charge on any atom is -0.435 e. The molecule has 1 aromatic carbocycles. The van der Waals surface area contributed by atoms with Crippen LogP contribution < -0.4 is 15.4 Å². The molecule has 1 aromatic rings. The molecule has 3 unspecified atom stereocenters. The molecule has 7 nitrogen and oxygen atoms in total. The molecule has 0 bridgehead atoms. The van der Waals surface area contributed by atoms with Crippen LogP contribution in [0, 0.1) is 5.92 Å². The number of hydrogen-bond donors (Lipinski definition) is 2. The molecule has 1 saturated carbocycles. The summed E-state index contributed by atoms with van der Waals surface area (Å²) in [6.45, 7) is 0.286. The Balaban J connectivity index is 1.63. The van der Waals surface area contributed by atoms with E-state index < -0.39 is 36.7 Å². The summed E-state index contributed by atoms with van der Waals surface area (Å²) in [7, 11) is 0. The highest BCUT2D eigenvalue weighted by Gasteiger charge is 2.55. The van der Waals surface area contributed by atoms with Crippen molar-refractivity contribution in [1.29, 1.82) is 0 Å². The Kier molecular flexibility index (Phi) is 6.04. The van der Waals surface area contributed by atoms with Crippen molar-refractivity contribution in [2.24, 2.45) is 5.92 Å². The molecule has 1 aliphatic carbocycles. The smallest absolute Gasteiger partial charge is 0.387 e. The van der Waals surface area contributed by atoms with E-state index in [0.29, 0.717) is 12.0 Å². The third-order valence-electron chi connectivity index (χ3n) is 5.76. The molecule has 4 amide bonds. The fourth-order valence-electron chi connectivity index (χ4n) is 4.11. The van der Waals surface area contributed by atoms with Crippen LogP contribution in [-0.4, -0.2) is 41.4 Å². The Morgan fingerprint density at radius 2 is 2.14 bits per heavy atom. The zero-order chi connectivity index (χ0) is 21.2. The summed E-state index contributed by atoms with van der Waals surface area (Å²) in [5, 5.41) is 5.50. The molecule has 1 spiro atoms. The number of carbonyl (C=O) groups is 3. The number of benzene rings is 1. The van der Waals surface area contributed by atoms with E-state index in [1.54, 1.807) is 19.1 Å². The van der Waals surface area contributed by atoms with Crippen molar-refractivity contribution in [2.45, 2.75) is 57.7 Å². The van der Waals surface area contributed by atoms with Gasteiger partial charge in [-0.25, -0.2) is 4.79 Å². The number of rotatable bonds is 6. The second kappa shape index (κ2) is 8.34. The van der Waals surface area contributed by atoms with Crippen molar-refractivity contribution in [2.75, 3.05) is 6.54 Å². The van der Waals surface area contributed by atoms with Crippen LogP contribution in [0.3, 0.4) is 0 Å². The van der Waals surface area contributed by atoms with Gasteiger partial charge in [0.1, 0.15) is 17.8 Å². The first-order chi connectivity index (χ1) is 13.7. The van der Waals surface area contributed by atoms with Crippen molar-refractivity contribution in [3.8, 4) is 5.75 Å². The summed E-state index contributed by atoms with van der Waals surface area (Å²) in [4.78, 5) is 38.7. The summed E-state index contributed by atoms with van der Waals surface area (Å²) >= 11 is 0. The van der Waals surface area contributed by atoms with Crippen molar-refractivity contribution >= 4 is 17.8 Å². The average molecular weight is 409 g/mol. The number of imide groups is 1. The number of nitrogens with one attached hydrogen (secondary N) is 2. The Morgan fingerprint density at radius 3 is 2.83 bits per heavy atom. The van der Waals surface area contributed by atoms with E-state index >= 15 is 0 Å². The molecule has 3 atom stereocenters. The second-order valence-corrected chi connectivity index (χ2v) is 7.68. The third-order valence-corrected chi connectivity index (χ3v) is 5.76. The molecular weight excluding hydrogens is 384 g/mol. The minimum absolute atomic E-state index is 0.0114. The molecule has 1 heterocycles. The van der Waals surface area contributed by atoms with E-state index in [9.17, 15) is 23.2 Å². The largest absolute Gasteiger partial charge is 0.435 e. The lowest BCUT2D eigenvalue weighted by Crippen LogP contribution is -2.54. The van der Waals surface area contributed by atoms with E-state index in [-0.39, 0.29) is 17.6 Å². The highest BCUT2D eigenvalue weighted by molar-refractivity contribution is 6.09. The molecule has 2 N–H and O–H groups in total. The maximum atomic E-state index is 12.9. The number of urea groups is 1. The van der Waals surface area contributed by atoms with Gasteiger partial charge < -0.3 is 15.4 Å². The zero-order valence-corrected chi connectivity index (χ0v) is 16.4. The van der Waals surface area contributed by atoms with Crippen molar-refractivity contribution < 1.29 is 27.9 Å². The first-order valence-electron chi connectivity index (χ1n) is 9.71. The number of nitrogens with zero attached hydrogens (tertiary/aromatic N) is 1. The summed E-state index contributed by atoms with van der Waals surface area (Å²) in [5.41, 5.74) is -0.353. The number of halogens is 2. The quantitative estimate of drug-likeness (QED) is 0.707. The minimum atomic E-state index is -2.94. The number of alkyl halides is 2. The van der Waals surface area contributed by atoms with Gasteiger partial charge in [0.05, 0.1) is 6.04 Å². The van der Waals surface area contributed by atoms with E-state index in [1.807, 2.05) is 6.92 Å². The van der Waals surface area contributed by atoms with Gasteiger partial charge in [-0.15, -0.1) is 0 Å². The summed E-state index contributed by atoms with van der Waals surface area (Å²) in [6.07, 6.45) is 3.28. The van der Waals surface area contributed by atoms with Gasteiger partial charge in [-0.3, -0.25) is 14.5 Å². The molecule has 3 rings (SSSR count). The van der Waals surface area contributed by atoms with Crippen LogP contribution in [0.15, 0.2) is 24.3 Å². The second-order valence-electron chi connectivity index (χ2n) is 7.68. The molecule has 0 aromatic heterocycles. The van der Waals surface area contributed by atoms with Gasteiger partial charge in [-0.05, 0) is 43.4 Å². The van der Waals surface area contributed by atoms with Crippen molar-refractivity contribution in [3.05, 3.63) is 29.8 Å². The fraction of sp³-hybridized carbons (Fsp3) is 0.550. The van der Waals surface area contributed by atoms with Crippen LogP contribution in [0.5, 0.6) is 5.75 Å². The first kappa shape index (κ1) is 21.0. The number of hydrogen-bond acceptors (Lipinski definition) is 4.